The Hall–Kier alpha value is -4.78. The van der Waals surface area contributed by atoms with E-state index >= 15 is 0 Å². The van der Waals surface area contributed by atoms with Crippen LogP contribution in [0.3, 0.4) is 0 Å². The molecule has 3 aromatic rings. The molecule has 0 unspecified atom stereocenters. The topological polar surface area (TPSA) is 170 Å². The minimum atomic E-state index is -1.63. The Kier molecular flexibility index (Phi) is 8.41. The van der Waals surface area contributed by atoms with Gasteiger partial charge in [0, 0.05) is 22.9 Å². The molecule has 13 heteroatoms. The summed E-state index contributed by atoms with van der Waals surface area (Å²) in [6, 6.07) is 4.67. The predicted octanol–water partition coefficient (Wildman–Crippen LogP) is 4.72. The van der Waals surface area contributed by atoms with Crippen LogP contribution in [-0.4, -0.2) is 63.9 Å². The minimum Gasteiger partial charge on any atom is -0.507 e. The molecule has 0 bridgehead atoms. The molecule has 3 N–H and O–H groups in total. The van der Waals surface area contributed by atoms with E-state index in [4.69, 9.17) is 18.7 Å². The number of ketones is 3. The number of nitrogens with zero attached hydrogens (tertiary/aromatic N) is 2. The van der Waals surface area contributed by atoms with Crippen LogP contribution in [0.2, 0.25) is 0 Å². The highest BCUT2D eigenvalue weighted by molar-refractivity contribution is 7.98. The molecule has 0 saturated carbocycles. The molecule has 0 saturated heterocycles. The number of hydrogen-bond donors (Lipinski definition) is 3. The van der Waals surface area contributed by atoms with Gasteiger partial charge in [0.25, 0.3) is 0 Å². The summed E-state index contributed by atoms with van der Waals surface area (Å²) in [4.78, 5) is 44.7. The first-order valence-electron chi connectivity index (χ1n) is 14.0. The molecular weight excluding hydrogens is 602 g/mol. The van der Waals surface area contributed by atoms with Crippen LogP contribution in [-0.2, 0) is 15.0 Å². The largest absolute Gasteiger partial charge is 0.507 e. The molecule has 2 aliphatic rings. The molecule has 1 aliphatic carbocycles. The molecule has 2 heterocycles. The summed E-state index contributed by atoms with van der Waals surface area (Å²) in [5.74, 6) is -0.489. The smallest absolute Gasteiger partial charge is 0.249 e. The van der Waals surface area contributed by atoms with E-state index in [0.717, 1.165) is 0 Å². The molecular formula is C32H33N3O9S. The molecule has 236 valence electrons. The number of aromatic nitrogens is 2. The number of carbonyl (C=O) groups excluding carboxylic acids is 3. The van der Waals surface area contributed by atoms with Crippen molar-refractivity contribution in [2.24, 2.45) is 0 Å². The van der Waals surface area contributed by atoms with Crippen molar-refractivity contribution in [2.75, 3.05) is 26.2 Å². The summed E-state index contributed by atoms with van der Waals surface area (Å²) >= 11 is 1.60. The van der Waals surface area contributed by atoms with Gasteiger partial charge in [-0.3, -0.25) is 14.4 Å². The quantitative estimate of drug-likeness (QED) is 0.159. The highest BCUT2D eigenvalue weighted by Gasteiger charge is 2.56. The Morgan fingerprint density at radius 3 is 2.49 bits per heavy atom. The van der Waals surface area contributed by atoms with Crippen molar-refractivity contribution in [1.29, 1.82) is 0 Å². The van der Waals surface area contributed by atoms with E-state index in [1.54, 1.807) is 36.9 Å². The molecule has 5 rings (SSSR count). The number of Topliss-reactive ketones (excluding diaryl/α,β-unsaturated/α-hetero) is 2. The van der Waals surface area contributed by atoms with Crippen LogP contribution in [0.15, 0.2) is 45.8 Å². The highest BCUT2D eigenvalue weighted by Crippen LogP contribution is 2.57. The second-order valence-corrected chi connectivity index (χ2v) is 11.9. The van der Waals surface area contributed by atoms with Gasteiger partial charge >= 0.3 is 0 Å². The summed E-state index contributed by atoms with van der Waals surface area (Å²) in [5, 5.41) is 29.1. The number of fused-ring (bicyclic) bond motifs is 3. The lowest BCUT2D eigenvalue weighted by atomic mass is 9.70. The first-order chi connectivity index (χ1) is 21.4. The summed E-state index contributed by atoms with van der Waals surface area (Å²) in [6.45, 7) is 5.79. The first-order valence-corrected chi connectivity index (χ1v) is 15.4. The zero-order valence-corrected chi connectivity index (χ0v) is 26.7. The van der Waals surface area contributed by atoms with Crippen molar-refractivity contribution < 1.29 is 43.3 Å². The average molecular weight is 636 g/mol. The van der Waals surface area contributed by atoms with Gasteiger partial charge in [0.2, 0.25) is 11.7 Å². The van der Waals surface area contributed by atoms with Crippen LogP contribution < -0.4 is 19.5 Å². The van der Waals surface area contributed by atoms with Crippen molar-refractivity contribution in [3.8, 4) is 40.1 Å². The van der Waals surface area contributed by atoms with Gasteiger partial charge in [-0.25, -0.2) is 0 Å². The third kappa shape index (κ3) is 5.10. The maximum atomic E-state index is 14.2. The van der Waals surface area contributed by atoms with E-state index < -0.39 is 40.3 Å². The van der Waals surface area contributed by atoms with Crippen LogP contribution in [0.25, 0.3) is 11.4 Å². The number of hydrogen-bond acceptors (Lipinski definition) is 13. The Balaban J connectivity index is 1.54. The molecule has 0 spiro atoms. The van der Waals surface area contributed by atoms with Gasteiger partial charge in [-0.15, -0.1) is 0 Å². The SMILES string of the molecule is COc1ccc(-c2noc([C@@H](CCSC)N/C(C)=C3\C(=O)C=C4Oc5c(C(C)=O)c(O)c(C)c(O)c5[C@@]4(C)C3=O)n2)cc1OC. The van der Waals surface area contributed by atoms with Crippen molar-refractivity contribution in [2.45, 2.75) is 45.6 Å². The summed E-state index contributed by atoms with van der Waals surface area (Å²) in [6.07, 6.45) is 3.65. The van der Waals surface area contributed by atoms with E-state index in [-0.39, 0.29) is 45.4 Å². The maximum absolute atomic E-state index is 14.2. The van der Waals surface area contributed by atoms with Crippen LogP contribution in [0.5, 0.6) is 28.7 Å². The lowest BCUT2D eigenvalue weighted by Crippen LogP contribution is -2.41. The van der Waals surface area contributed by atoms with Gasteiger partial charge in [-0.2, -0.15) is 16.7 Å². The molecule has 2 atom stereocenters. The molecule has 0 radical (unpaired) electrons. The van der Waals surface area contributed by atoms with Gasteiger partial charge in [-0.1, -0.05) is 5.16 Å². The van der Waals surface area contributed by atoms with Gasteiger partial charge in [-0.05, 0) is 64.3 Å². The summed E-state index contributed by atoms with van der Waals surface area (Å²) in [5.41, 5.74) is -1.02. The second kappa shape index (κ2) is 12.0. The number of thioether (sulfide) groups is 1. The van der Waals surface area contributed by atoms with E-state index in [2.05, 4.69) is 15.5 Å². The number of benzene rings is 2. The number of rotatable bonds is 10. The number of nitrogens with one attached hydrogen (secondary N) is 1. The fourth-order valence-electron chi connectivity index (χ4n) is 5.66. The Labute approximate surface area is 263 Å². The van der Waals surface area contributed by atoms with Gasteiger partial charge in [0.1, 0.15) is 40.0 Å². The number of phenolic OH excluding ortho intramolecular Hbond substituents is 2. The maximum Gasteiger partial charge on any atom is 0.249 e. The Morgan fingerprint density at radius 1 is 1.13 bits per heavy atom. The number of ether oxygens (including phenoxy) is 3. The van der Waals surface area contributed by atoms with Gasteiger partial charge < -0.3 is 34.3 Å². The fourth-order valence-corrected chi connectivity index (χ4v) is 6.13. The predicted molar refractivity (Wildman–Crippen MR) is 165 cm³/mol. The number of phenols is 2. The zero-order chi connectivity index (χ0) is 32.8. The zero-order valence-electron chi connectivity index (χ0n) is 25.9. The van der Waals surface area contributed by atoms with E-state index in [1.165, 1.54) is 41.1 Å². The highest BCUT2D eigenvalue weighted by atomic mass is 32.2. The second-order valence-electron chi connectivity index (χ2n) is 10.9. The minimum absolute atomic E-state index is 0.0208. The van der Waals surface area contributed by atoms with Crippen LogP contribution >= 0.6 is 11.8 Å². The Bertz CT molecular complexity index is 1810. The molecule has 2 aromatic carbocycles. The van der Waals surface area contributed by atoms with Gasteiger partial charge in [0.05, 0.1) is 25.4 Å². The van der Waals surface area contributed by atoms with Crippen molar-refractivity contribution in [1.82, 2.24) is 15.5 Å². The standard InChI is InChI=1S/C32H33N3O9S/c1-14-26(38)24(16(3)36)28-25(27(14)39)32(4)22(43-28)13-19(37)23(29(32)40)15(2)33-18(10-11-45-7)31-34-30(35-44-31)17-8-9-20(41-5)21(12-17)42-6/h8-9,12-13,18,33,38-39H,10-11H2,1-7H3/b23-15+/t18-,32+/m1/s1. The molecule has 1 aliphatic heterocycles. The third-order valence-electron chi connectivity index (χ3n) is 8.14. The van der Waals surface area contributed by atoms with Crippen molar-refractivity contribution in [3.05, 3.63) is 63.9 Å². The normalized spacial score (nSPS) is 18.9. The number of carbonyl (C=O) groups is 3. The molecule has 12 nitrogen and oxygen atoms in total. The number of aromatic hydroxyl groups is 2. The van der Waals surface area contributed by atoms with Crippen LogP contribution in [0, 0.1) is 6.92 Å². The molecule has 1 aromatic heterocycles. The van der Waals surface area contributed by atoms with E-state index in [0.29, 0.717) is 35.1 Å². The van der Waals surface area contributed by atoms with Crippen LogP contribution in [0.1, 0.15) is 60.6 Å². The number of methoxy groups -OCH3 is 2. The molecule has 45 heavy (non-hydrogen) atoms. The fraction of sp³-hybridized carbons (Fsp3) is 0.344. The Morgan fingerprint density at radius 2 is 1.84 bits per heavy atom. The summed E-state index contributed by atoms with van der Waals surface area (Å²) < 4.78 is 22.2. The monoisotopic (exact) mass is 635 g/mol. The first kappa shape index (κ1) is 31.6. The van der Waals surface area contributed by atoms with Crippen LogP contribution in [0.4, 0.5) is 0 Å². The lowest BCUT2D eigenvalue weighted by molar-refractivity contribution is -0.123. The summed E-state index contributed by atoms with van der Waals surface area (Å²) in [7, 11) is 3.07. The number of allylic oxidation sites excluding steroid dienone is 4. The third-order valence-corrected chi connectivity index (χ3v) is 8.79. The van der Waals surface area contributed by atoms with Crippen molar-refractivity contribution in [3.63, 3.8) is 0 Å². The average Bonchev–Trinajstić information content (AvgIpc) is 3.61. The van der Waals surface area contributed by atoms with E-state index in [1.807, 2.05) is 6.26 Å². The molecule has 0 amide bonds. The van der Waals surface area contributed by atoms with E-state index in [9.17, 15) is 24.6 Å². The lowest BCUT2D eigenvalue weighted by Gasteiger charge is -2.29. The van der Waals surface area contributed by atoms with Gasteiger partial charge in [0.15, 0.2) is 28.8 Å². The van der Waals surface area contributed by atoms with Crippen molar-refractivity contribution >= 4 is 29.1 Å². The molecule has 0 fully saturated rings.